The predicted octanol–water partition coefficient (Wildman–Crippen LogP) is 3.09. The van der Waals surface area contributed by atoms with Crippen molar-refractivity contribution < 1.29 is 4.74 Å². The largest absolute Gasteiger partial charge is 0.377 e. The van der Waals surface area contributed by atoms with Crippen LogP contribution >= 0.6 is 0 Å². The Labute approximate surface area is 81.9 Å². The highest BCUT2D eigenvalue weighted by atomic mass is 16.5. The van der Waals surface area contributed by atoms with E-state index < -0.39 is 0 Å². The van der Waals surface area contributed by atoms with Crippen LogP contribution in [0.2, 0.25) is 0 Å². The maximum atomic E-state index is 5.93. The van der Waals surface area contributed by atoms with Crippen LogP contribution < -0.4 is 0 Å². The van der Waals surface area contributed by atoms with Gasteiger partial charge in [0, 0.05) is 0 Å². The van der Waals surface area contributed by atoms with Crippen molar-refractivity contribution in [1.29, 1.82) is 0 Å². The summed E-state index contributed by atoms with van der Waals surface area (Å²) < 4.78 is 5.93. The van der Waals surface area contributed by atoms with Gasteiger partial charge in [0.25, 0.3) is 0 Å². The molecule has 0 N–H and O–H groups in total. The van der Waals surface area contributed by atoms with Gasteiger partial charge in [0.15, 0.2) is 0 Å². The van der Waals surface area contributed by atoms with Crippen LogP contribution in [0.4, 0.5) is 0 Å². The molecular formula is C12H22O. The Balaban J connectivity index is 2.11. The molecule has 1 heteroatoms. The van der Waals surface area contributed by atoms with E-state index in [0.717, 1.165) is 24.4 Å². The lowest BCUT2D eigenvalue weighted by Crippen LogP contribution is -2.28. The molecule has 4 atom stereocenters. The van der Waals surface area contributed by atoms with Gasteiger partial charge in [-0.15, -0.1) is 0 Å². The van der Waals surface area contributed by atoms with Gasteiger partial charge < -0.3 is 4.74 Å². The van der Waals surface area contributed by atoms with E-state index in [1.54, 1.807) is 0 Å². The molecular weight excluding hydrogens is 160 g/mol. The highest BCUT2D eigenvalue weighted by Gasteiger charge is 2.47. The summed E-state index contributed by atoms with van der Waals surface area (Å²) >= 11 is 0. The van der Waals surface area contributed by atoms with Gasteiger partial charge in [-0.3, -0.25) is 0 Å². The summed E-state index contributed by atoms with van der Waals surface area (Å²) in [7, 11) is 0. The van der Waals surface area contributed by atoms with Crippen LogP contribution in [0.1, 0.15) is 40.5 Å². The van der Waals surface area contributed by atoms with Gasteiger partial charge in [-0.2, -0.15) is 0 Å². The Morgan fingerprint density at radius 3 is 2.46 bits per heavy atom. The molecule has 0 spiro atoms. The summed E-state index contributed by atoms with van der Waals surface area (Å²) in [6, 6.07) is 0. The monoisotopic (exact) mass is 182 g/mol. The van der Waals surface area contributed by atoms with E-state index in [4.69, 9.17) is 4.74 Å². The molecule has 0 bridgehead atoms. The maximum Gasteiger partial charge on any atom is 0.0632 e. The second kappa shape index (κ2) is 2.98. The lowest BCUT2D eigenvalue weighted by molar-refractivity contribution is 0.0669. The molecule has 1 heterocycles. The summed E-state index contributed by atoms with van der Waals surface area (Å²) in [5.74, 6) is 2.45. The average Bonchev–Trinajstić information content (AvgIpc) is 2.51. The van der Waals surface area contributed by atoms with Crippen LogP contribution in [0.15, 0.2) is 0 Å². The van der Waals surface area contributed by atoms with Crippen molar-refractivity contribution in [3.63, 3.8) is 0 Å². The first-order chi connectivity index (χ1) is 6.00. The van der Waals surface area contributed by atoms with E-state index in [9.17, 15) is 0 Å². The number of ether oxygens (including phenoxy) is 1. The normalized spacial score (nSPS) is 45.2. The van der Waals surface area contributed by atoms with Crippen LogP contribution in [-0.4, -0.2) is 12.7 Å². The van der Waals surface area contributed by atoms with Crippen LogP contribution in [0.5, 0.6) is 0 Å². The van der Waals surface area contributed by atoms with Gasteiger partial charge >= 0.3 is 0 Å². The summed E-state index contributed by atoms with van der Waals surface area (Å²) in [6.45, 7) is 10.4. The topological polar surface area (TPSA) is 9.23 Å². The van der Waals surface area contributed by atoms with Crippen molar-refractivity contribution >= 4 is 0 Å². The Morgan fingerprint density at radius 1 is 1.15 bits per heavy atom. The van der Waals surface area contributed by atoms with E-state index in [-0.39, 0.29) is 0 Å². The molecule has 2 fully saturated rings. The zero-order valence-corrected chi connectivity index (χ0v) is 9.34. The van der Waals surface area contributed by atoms with Gasteiger partial charge in [-0.1, -0.05) is 27.7 Å². The minimum Gasteiger partial charge on any atom is -0.377 e. The Morgan fingerprint density at radius 2 is 1.85 bits per heavy atom. The third-order valence-corrected chi connectivity index (χ3v) is 4.04. The maximum absolute atomic E-state index is 5.93. The fourth-order valence-corrected chi connectivity index (χ4v) is 3.15. The third kappa shape index (κ3) is 1.52. The molecule has 1 aliphatic carbocycles. The smallest absolute Gasteiger partial charge is 0.0632 e. The lowest BCUT2D eigenvalue weighted by atomic mass is 9.73. The minimum atomic E-state index is 0.434. The molecule has 2 aliphatic rings. The van der Waals surface area contributed by atoms with Crippen molar-refractivity contribution in [1.82, 2.24) is 0 Å². The van der Waals surface area contributed by atoms with E-state index in [1.807, 2.05) is 0 Å². The molecule has 1 saturated heterocycles. The molecule has 1 saturated carbocycles. The van der Waals surface area contributed by atoms with Crippen LogP contribution in [0.25, 0.3) is 0 Å². The number of hydrogen-bond donors (Lipinski definition) is 0. The molecule has 0 aromatic carbocycles. The zero-order chi connectivity index (χ0) is 9.64. The molecule has 0 amide bonds. The van der Waals surface area contributed by atoms with Crippen molar-refractivity contribution in [3.8, 4) is 0 Å². The van der Waals surface area contributed by atoms with Crippen LogP contribution in [-0.2, 0) is 4.74 Å². The highest BCUT2D eigenvalue weighted by Crippen LogP contribution is 2.48. The fourth-order valence-electron chi connectivity index (χ4n) is 3.15. The standard InChI is InChI=1S/C12H22O/c1-8-5-6-9-10(12(2,3)4)7-13-11(8)9/h8-11H,5-7H2,1-4H3/t8-,9-,10?,11-/m1/s1. The molecule has 1 unspecified atom stereocenters. The van der Waals surface area contributed by atoms with E-state index >= 15 is 0 Å². The van der Waals surface area contributed by atoms with E-state index in [2.05, 4.69) is 27.7 Å². The molecule has 1 aliphatic heterocycles. The SMILES string of the molecule is C[C@@H]1CC[C@@H]2C(C(C)(C)C)CO[C@H]12. The van der Waals surface area contributed by atoms with Gasteiger partial charge in [0.05, 0.1) is 12.7 Å². The summed E-state index contributed by atoms with van der Waals surface area (Å²) in [5, 5.41) is 0. The minimum absolute atomic E-state index is 0.434. The number of fused-ring (bicyclic) bond motifs is 1. The fraction of sp³-hybridized carbons (Fsp3) is 1.00. The van der Waals surface area contributed by atoms with Crippen molar-refractivity contribution in [2.75, 3.05) is 6.61 Å². The van der Waals surface area contributed by atoms with Crippen LogP contribution in [0.3, 0.4) is 0 Å². The van der Waals surface area contributed by atoms with Crippen LogP contribution in [0, 0.1) is 23.2 Å². The van der Waals surface area contributed by atoms with Crippen molar-refractivity contribution in [2.24, 2.45) is 23.2 Å². The molecule has 13 heavy (non-hydrogen) atoms. The average molecular weight is 182 g/mol. The van der Waals surface area contributed by atoms with E-state index in [1.165, 1.54) is 12.8 Å². The highest BCUT2D eigenvalue weighted by molar-refractivity contribution is 4.96. The van der Waals surface area contributed by atoms with Gasteiger partial charge in [-0.25, -0.2) is 0 Å². The number of rotatable bonds is 0. The second-order valence-corrected chi connectivity index (χ2v) is 5.99. The number of hydrogen-bond acceptors (Lipinski definition) is 1. The molecule has 1 nitrogen and oxygen atoms in total. The van der Waals surface area contributed by atoms with Gasteiger partial charge in [0.2, 0.25) is 0 Å². The molecule has 76 valence electrons. The summed E-state index contributed by atoms with van der Waals surface area (Å²) in [6.07, 6.45) is 3.36. The summed E-state index contributed by atoms with van der Waals surface area (Å²) in [5.41, 5.74) is 0.434. The zero-order valence-electron chi connectivity index (χ0n) is 9.34. The van der Waals surface area contributed by atoms with Crippen molar-refractivity contribution in [3.05, 3.63) is 0 Å². The Bertz CT molecular complexity index is 192. The Hall–Kier alpha value is -0.0400. The summed E-state index contributed by atoms with van der Waals surface area (Å²) in [4.78, 5) is 0. The first-order valence-corrected chi connectivity index (χ1v) is 5.62. The first kappa shape index (κ1) is 9.51. The molecule has 0 radical (unpaired) electrons. The quantitative estimate of drug-likeness (QED) is 0.559. The van der Waals surface area contributed by atoms with Gasteiger partial charge in [0.1, 0.15) is 0 Å². The molecule has 0 aromatic rings. The van der Waals surface area contributed by atoms with Crippen molar-refractivity contribution in [2.45, 2.75) is 46.6 Å². The lowest BCUT2D eigenvalue weighted by Gasteiger charge is -2.30. The van der Waals surface area contributed by atoms with Gasteiger partial charge in [-0.05, 0) is 36.0 Å². The second-order valence-electron chi connectivity index (χ2n) is 5.99. The Kier molecular flexibility index (Phi) is 2.18. The van der Waals surface area contributed by atoms with E-state index in [0.29, 0.717) is 11.5 Å². The molecule has 0 aromatic heterocycles. The predicted molar refractivity (Wildman–Crippen MR) is 54.6 cm³/mol. The molecule has 2 rings (SSSR count). The first-order valence-electron chi connectivity index (χ1n) is 5.62. The third-order valence-electron chi connectivity index (χ3n) is 4.04.